The highest BCUT2D eigenvalue weighted by Crippen LogP contribution is 2.43. The molecule has 2 aromatic heterocycles. The normalized spacial score (nSPS) is 13.2. The first-order valence-electron chi connectivity index (χ1n) is 21.2. The highest BCUT2D eigenvalue weighted by Gasteiger charge is 2.26. The van der Waals surface area contributed by atoms with E-state index in [-0.39, 0.29) is 32.6 Å². The van der Waals surface area contributed by atoms with Crippen LogP contribution in [0.3, 0.4) is 0 Å². The molecule has 2 heterocycles. The van der Waals surface area contributed by atoms with Gasteiger partial charge in [-0.05, 0) is 88.5 Å². The van der Waals surface area contributed by atoms with Crippen LogP contribution in [0, 0.1) is 27.7 Å². The molecule has 12 heteroatoms. The summed E-state index contributed by atoms with van der Waals surface area (Å²) in [7, 11) is -4.40. The Morgan fingerprint density at radius 1 is 0.600 bits per heavy atom. The molecule has 2 aromatic rings. The Balaban J connectivity index is 1.61. The molecular formula is C43H74NO10P. The largest absolute Gasteiger partial charge is 0.472 e. The van der Waals surface area contributed by atoms with E-state index >= 15 is 0 Å². The molecule has 55 heavy (non-hydrogen) atoms. The Morgan fingerprint density at radius 2 is 1.00 bits per heavy atom. The minimum atomic E-state index is -4.40. The van der Waals surface area contributed by atoms with Gasteiger partial charge >= 0.3 is 19.8 Å². The summed E-state index contributed by atoms with van der Waals surface area (Å²) in [5.41, 5.74) is 10.5. The van der Waals surface area contributed by atoms with Gasteiger partial charge < -0.3 is 28.9 Å². The van der Waals surface area contributed by atoms with Crippen molar-refractivity contribution in [1.29, 1.82) is 0 Å². The smallest absolute Gasteiger partial charge is 0.466 e. The van der Waals surface area contributed by atoms with Crippen LogP contribution in [-0.4, -0.2) is 49.3 Å². The van der Waals surface area contributed by atoms with Gasteiger partial charge in [-0.15, -0.1) is 0 Å². The van der Waals surface area contributed by atoms with Gasteiger partial charge in [-0.3, -0.25) is 18.6 Å². The molecule has 11 nitrogen and oxygen atoms in total. The van der Waals surface area contributed by atoms with Crippen LogP contribution in [-0.2, 0) is 58.4 Å². The predicted molar refractivity (Wildman–Crippen MR) is 217 cm³/mol. The van der Waals surface area contributed by atoms with Gasteiger partial charge in [0.2, 0.25) is 0 Å². The summed E-state index contributed by atoms with van der Waals surface area (Å²) in [5.74, 6) is 3.64. The maximum absolute atomic E-state index is 12.6. The standard InChI is InChI=1S/C43H74NO10P/c1-7-23-38-33(3)35(5)40(53-38)25-19-15-11-9-10-12-18-22-28-43(46)52-37(32-51-55(47,48)50-30-29-44)31-49-42(45)27-21-17-14-13-16-20-26-41-36(6)34(4)39(54-41)24-8-2/h37H,7-32,44H2,1-6H3,(H,47,48)/t37-/m1/s1. The Kier molecular flexibility index (Phi) is 24.8. The number of carbonyl (C=O) groups excluding carboxylic acids is 2. The van der Waals surface area contributed by atoms with Gasteiger partial charge in [0, 0.05) is 45.1 Å². The monoisotopic (exact) mass is 796 g/mol. The zero-order valence-corrected chi connectivity index (χ0v) is 36.0. The van der Waals surface area contributed by atoms with Crippen LogP contribution < -0.4 is 5.73 Å². The second kappa shape index (κ2) is 28.0. The lowest BCUT2D eigenvalue weighted by atomic mass is 10.0. The quantitative estimate of drug-likeness (QED) is 0.0402. The lowest BCUT2D eigenvalue weighted by Crippen LogP contribution is -2.29. The van der Waals surface area contributed by atoms with Crippen molar-refractivity contribution in [2.45, 2.75) is 189 Å². The van der Waals surface area contributed by atoms with Crippen LogP contribution >= 0.6 is 7.82 Å². The molecule has 0 radical (unpaired) electrons. The molecule has 0 fully saturated rings. The van der Waals surface area contributed by atoms with Crippen LogP contribution in [0.5, 0.6) is 0 Å². The Bertz CT molecular complexity index is 1420. The van der Waals surface area contributed by atoms with Crippen LogP contribution in [0.15, 0.2) is 8.83 Å². The van der Waals surface area contributed by atoms with Gasteiger partial charge in [-0.1, -0.05) is 78.1 Å². The Labute approximate surface area is 331 Å². The third-order valence-corrected chi connectivity index (χ3v) is 11.3. The molecule has 0 bridgehead atoms. The molecule has 1 unspecified atom stereocenters. The molecule has 0 aromatic carbocycles. The molecule has 3 N–H and O–H groups in total. The average molecular weight is 796 g/mol. The molecular weight excluding hydrogens is 721 g/mol. The van der Waals surface area contributed by atoms with E-state index in [0.29, 0.717) is 12.8 Å². The molecule has 316 valence electrons. The number of furan rings is 2. The maximum atomic E-state index is 12.6. The Morgan fingerprint density at radius 3 is 1.44 bits per heavy atom. The molecule has 0 aliphatic carbocycles. The summed E-state index contributed by atoms with van der Waals surface area (Å²) in [5, 5.41) is 0. The second-order valence-corrected chi connectivity index (χ2v) is 16.5. The zero-order valence-electron chi connectivity index (χ0n) is 35.1. The summed E-state index contributed by atoms with van der Waals surface area (Å²) >= 11 is 0. The van der Waals surface area contributed by atoms with E-state index in [4.69, 9.17) is 33.1 Å². The molecule has 0 aliphatic heterocycles. The Hall–Kier alpha value is -2.43. The number of hydrogen-bond acceptors (Lipinski definition) is 10. The summed E-state index contributed by atoms with van der Waals surface area (Å²) in [4.78, 5) is 35.0. The highest BCUT2D eigenvalue weighted by molar-refractivity contribution is 7.47. The summed E-state index contributed by atoms with van der Waals surface area (Å²) in [6, 6.07) is 0. The molecule has 0 spiro atoms. The van der Waals surface area contributed by atoms with Gasteiger partial charge in [0.1, 0.15) is 29.6 Å². The minimum absolute atomic E-state index is 0.0410. The van der Waals surface area contributed by atoms with Crippen molar-refractivity contribution in [2.75, 3.05) is 26.4 Å². The third kappa shape index (κ3) is 20.0. The van der Waals surface area contributed by atoms with Gasteiger partial charge in [-0.25, -0.2) is 4.57 Å². The van der Waals surface area contributed by atoms with Crippen molar-refractivity contribution in [1.82, 2.24) is 0 Å². The van der Waals surface area contributed by atoms with Gasteiger partial charge in [0.25, 0.3) is 0 Å². The summed E-state index contributed by atoms with van der Waals surface area (Å²) in [6.07, 6.45) is 19.8. The number of carbonyl (C=O) groups is 2. The first-order valence-corrected chi connectivity index (χ1v) is 22.7. The van der Waals surface area contributed by atoms with E-state index in [9.17, 15) is 19.0 Å². The molecule has 0 saturated heterocycles. The van der Waals surface area contributed by atoms with E-state index in [1.165, 1.54) is 35.1 Å². The average Bonchev–Trinajstić information content (AvgIpc) is 3.58. The van der Waals surface area contributed by atoms with Crippen molar-refractivity contribution >= 4 is 19.8 Å². The first-order chi connectivity index (χ1) is 26.4. The molecule has 2 rings (SSSR count). The number of unbranched alkanes of at least 4 members (excludes halogenated alkanes) is 12. The van der Waals surface area contributed by atoms with Gasteiger partial charge in [-0.2, -0.15) is 0 Å². The summed E-state index contributed by atoms with van der Waals surface area (Å²) in [6.45, 7) is 12.1. The zero-order chi connectivity index (χ0) is 40.5. The number of rotatable bonds is 33. The van der Waals surface area contributed by atoms with Crippen LogP contribution in [0.1, 0.15) is 175 Å². The lowest BCUT2D eigenvalue weighted by Gasteiger charge is -2.19. The fourth-order valence-electron chi connectivity index (χ4n) is 6.73. The number of hydrogen-bond donors (Lipinski definition) is 2. The second-order valence-electron chi connectivity index (χ2n) is 15.0. The van der Waals surface area contributed by atoms with Crippen molar-refractivity contribution in [3.05, 3.63) is 45.3 Å². The third-order valence-electron chi connectivity index (χ3n) is 10.3. The predicted octanol–water partition coefficient (Wildman–Crippen LogP) is 10.6. The van der Waals surface area contributed by atoms with Crippen LogP contribution in [0.2, 0.25) is 0 Å². The number of aryl methyl sites for hydroxylation is 4. The van der Waals surface area contributed by atoms with Crippen LogP contribution in [0.25, 0.3) is 0 Å². The van der Waals surface area contributed by atoms with E-state index in [1.54, 1.807) is 0 Å². The number of ether oxygens (including phenoxy) is 2. The number of phosphoric ester groups is 1. The maximum Gasteiger partial charge on any atom is 0.472 e. The fourth-order valence-corrected chi connectivity index (χ4v) is 7.49. The summed E-state index contributed by atoms with van der Waals surface area (Å²) < 4.78 is 45.1. The van der Waals surface area contributed by atoms with Crippen molar-refractivity contribution < 1.29 is 46.4 Å². The van der Waals surface area contributed by atoms with Gasteiger partial charge in [0.15, 0.2) is 6.10 Å². The van der Waals surface area contributed by atoms with E-state index < -0.39 is 32.5 Å². The van der Waals surface area contributed by atoms with Crippen LogP contribution in [0.4, 0.5) is 0 Å². The molecule has 0 aliphatic rings. The topological polar surface area (TPSA) is 161 Å². The van der Waals surface area contributed by atoms with E-state index in [1.807, 2.05) is 0 Å². The van der Waals surface area contributed by atoms with E-state index in [0.717, 1.165) is 126 Å². The molecule has 0 amide bonds. The number of esters is 2. The SMILES string of the molecule is CCCc1oc(CCCCCCCCCCC(=O)O[C@H](COC(=O)CCCCCCCCc2oc(CCC)c(C)c2C)COP(=O)(O)OCCN)c(C)c1C. The number of phosphoric acid groups is 1. The highest BCUT2D eigenvalue weighted by atomic mass is 31.2. The number of nitrogens with two attached hydrogens (primary N) is 1. The molecule has 2 atom stereocenters. The van der Waals surface area contributed by atoms with Gasteiger partial charge in [0.05, 0.1) is 13.2 Å². The van der Waals surface area contributed by atoms with E-state index in [2.05, 4.69) is 41.5 Å². The van der Waals surface area contributed by atoms with Crippen molar-refractivity contribution in [3.63, 3.8) is 0 Å². The lowest BCUT2D eigenvalue weighted by molar-refractivity contribution is -0.161. The first kappa shape index (κ1) is 48.7. The molecule has 0 saturated carbocycles. The van der Waals surface area contributed by atoms with Crippen molar-refractivity contribution in [3.8, 4) is 0 Å². The van der Waals surface area contributed by atoms with Crippen molar-refractivity contribution in [2.24, 2.45) is 5.73 Å². The minimum Gasteiger partial charge on any atom is -0.466 e. The fraction of sp³-hybridized carbons (Fsp3) is 0.767.